The first-order valence-corrected chi connectivity index (χ1v) is 3.26. The minimum atomic E-state index is 0.652. The average molecular weight is 114 g/mol. The molecule has 1 saturated heterocycles. The van der Waals surface area contributed by atoms with Gasteiger partial charge < -0.3 is 10.6 Å². The van der Waals surface area contributed by atoms with Crippen molar-refractivity contribution in [2.45, 2.75) is 25.9 Å². The molecule has 0 aliphatic carbocycles. The predicted octanol–water partition coefficient (Wildman–Crippen LogP) is -0.0438. The van der Waals surface area contributed by atoms with Crippen LogP contribution in [0.3, 0.4) is 0 Å². The first kappa shape index (κ1) is 6.05. The lowest BCUT2D eigenvalue weighted by molar-refractivity contribution is 0.370. The van der Waals surface area contributed by atoms with Gasteiger partial charge in [-0.25, -0.2) is 0 Å². The smallest absolute Gasteiger partial charge is 0.0167 e. The van der Waals surface area contributed by atoms with E-state index in [9.17, 15) is 0 Å². The van der Waals surface area contributed by atoms with E-state index in [1.807, 2.05) is 0 Å². The zero-order valence-corrected chi connectivity index (χ0v) is 5.57. The van der Waals surface area contributed by atoms with Crippen LogP contribution in [0.5, 0.6) is 0 Å². The van der Waals surface area contributed by atoms with Gasteiger partial charge in [-0.3, -0.25) is 0 Å². The zero-order valence-electron chi connectivity index (χ0n) is 5.57. The predicted molar refractivity (Wildman–Crippen MR) is 34.9 cm³/mol. The first-order valence-electron chi connectivity index (χ1n) is 3.26. The van der Waals surface area contributed by atoms with Crippen LogP contribution in [0.4, 0.5) is 0 Å². The van der Waals surface area contributed by atoms with Gasteiger partial charge in [0, 0.05) is 25.2 Å². The zero-order chi connectivity index (χ0) is 5.98. The van der Waals surface area contributed by atoms with Gasteiger partial charge in [-0.2, -0.15) is 0 Å². The van der Waals surface area contributed by atoms with Crippen molar-refractivity contribution in [3.8, 4) is 0 Å². The van der Waals surface area contributed by atoms with E-state index >= 15 is 0 Å². The normalized spacial score (nSPS) is 39.8. The molecule has 0 amide bonds. The largest absolute Gasteiger partial charge is 0.314 e. The van der Waals surface area contributed by atoms with Crippen LogP contribution in [-0.4, -0.2) is 25.2 Å². The van der Waals surface area contributed by atoms with Crippen LogP contribution in [0, 0.1) is 0 Å². The molecule has 2 nitrogen and oxygen atoms in total. The molecule has 1 aliphatic rings. The van der Waals surface area contributed by atoms with Gasteiger partial charge >= 0.3 is 0 Å². The van der Waals surface area contributed by atoms with E-state index in [1.165, 1.54) is 0 Å². The molecule has 8 heavy (non-hydrogen) atoms. The van der Waals surface area contributed by atoms with Crippen LogP contribution >= 0.6 is 0 Å². The maximum atomic E-state index is 3.42. The second-order valence-electron chi connectivity index (χ2n) is 2.63. The Hall–Kier alpha value is -0.0800. The highest BCUT2D eigenvalue weighted by Crippen LogP contribution is 1.90. The minimum absolute atomic E-state index is 0.652. The second kappa shape index (κ2) is 2.46. The molecule has 0 bridgehead atoms. The Morgan fingerprint density at radius 2 is 1.62 bits per heavy atom. The molecule has 1 heterocycles. The Morgan fingerprint density at radius 1 is 1.12 bits per heavy atom. The van der Waals surface area contributed by atoms with Gasteiger partial charge in [0.2, 0.25) is 0 Å². The summed E-state index contributed by atoms with van der Waals surface area (Å²) in [4.78, 5) is 0. The van der Waals surface area contributed by atoms with Gasteiger partial charge in [0.1, 0.15) is 0 Å². The summed E-state index contributed by atoms with van der Waals surface area (Å²) in [6.07, 6.45) is 0. The van der Waals surface area contributed by atoms with Crippen molar-refractivity contribution in [3.63, 3.8) is 0 Å². The van der Waals surface area contributed by atoms with E-state index in [0.717, 1.165) is 13.1 Å². The van der Waals surface area contributed by atoms with Crippen LogP contribution in [0.25, 0.3) is 0 Å². The summed E-state index contributed by atoms with van der Waals surface area (Å²) in [6.45, 7) is 6.62. The van der Waals surface area contributed by atoms with Crippen LogP contribution in [0.2, 0.25) is 0 Å². The molecule has 0 saturated carbocycles. The fourth-order valence-electron chi connectivity index (χ4n) is 1.12. The summed E-state index contributed by atoms with van der Waals surface area (Å²) < 4.78 is 0. The molecular weight excluding hydrogens is 100 g/mol. The maximum absolute atomic E-state index is 3.42. The Kier molecular flexibility index (Phi) is 1.86. The van der Waals surface area contributed by atoms with Crippen LogP contribution < -0.4 is 10.6 Å². The summed E-state index contributed by atoms with van der Waals surface area (Å²) in [5.74, 6) is 0. The molecule has 1 unspecified atom stereocenters. The highest BCUT2D eigenvalue weighted by atomic mass is 15.1. The fourth-order valence-corrected chi connectivity index (χ4v) is 1.12. The van der Waals surface area contributed by atoms with Gasteiger partial charge in [0.05, 0.1) is 0 Å². The number of piperazine rings is 1. The molecule has 2 atom stereocenters. The van der Waals surface area contributed by atoms with E-state index in [1.54, 1.807) is 0 Å². The highest BCUT2D eigenvalue weighted by molar-refractivity contribution is 4.76. The number of hydrogen-bond acceptors (Lipinski definition) is 2. The average Bonchev–Trinajstić information content (AvgIpc) is 1.64. The molecule has 0 aromatic heterocycles. The molecule has 2 heteroatoms. The quantitative estimate of drug-likeness (QED) is 0.461. The van der Waals surface area contributed by atoms with E-state index < -0.39 is 0 Å². The third-order valence-corrected chi connectivity index (χ3v) is 1.47. The maximum Gasteiger partial charge on any atom is 0.0167 e. The Bertz CT molecular complexity index is 64.9. The Balaban J connectivity index is 2.23. The number of hydrogen-bond donors (Lipinski definition) is 2. The van der Waals surface area contributed by atoms with Crippen LogP contribution in [-0.2, 0) is 0 Å². The lowest BCUT2D eigenvalue weighted by atomic mass is 10.2. The third-order valence-electron chi connectivity index (χ3n) is 1.47. The SMILES string of the molecule is CC1CNC[C@H](C)N1. The van der Waals surface area contributed by atoms with Gasteiger partial charge in [-0.1, -0.05) is 0 Å². The molecule has 1 fully saturated rings. The molecule has 0 spiro atoms. The van der Waals surface area contributed by atoms with Gasteiger partial charge in [0.25, 0.3) is 0 Å². The molecule has 0 aromatic carbocycles. The molecule has 1 aliphatic heterocycles. The third kappa shape index (κ3) is 1.46. The minimum Gasteiger partial charge on any atom is -0.314 e. The summed E-state index contributed by atoms with van der Waals surface area (Å²) in [5, 5.41) is 6.74. The fraction of sp³-hybridized carbons (Fsp3) is 1.00. The van der Waals surface area contributed by atoms with Crippen molar-refractivity contribution in [1.29, 1.82) is 0 Å². The molecular formula is C6H14N2. The second-order valence-corrected chi connectivity index (χ2v) is 2.63. The Labute approximate surface area is 50.7 Å². The molecule has 0 radical (unpaired) electrons. The highest BCUT2D eigenvalue weighted by Gasteiger charge is 2.11. The lowest BCUT2D eigenvalue weighted by Gasteiger charge is -2.26. The van der Waals surface area contributed by atoms with Gasteiger partial charge in [-0.15, -0.1) is 0 Å². The van der Waals surface area contributed by atoms with Crippen molar-refractivity contribution in [2.75, 3.05) is 13.1 Å². The molecule has 2 N–H and O–H groups in total. The molecule has 0 aromatic rings. The number of rotatable bonds is 0. The lowest BCUT2D eigenvalue weighted by Crippen LogP contribution is -2.52. The van der Waals surface area contributed by atoms with E-state index in [2.05, 4.69) is 24.5 Å². The topological polar surface area (TPSA) is 24.1 Å². The van der Waals surface area contributed by atoms with Crippen molar-refractivity contribution < 1.29 is 0 Å². The van der Waals surface area contributed by atoms with E-state index in [0.29, 0.717) is 12.1 Å². The van der Waals surface area contributed by atoms with Crippen molar-refractivity contribution in [3.05, 3.63) is 0 Å². The summed E-state index contributed by atoms with van der Waals surface area (Å²) in [7, 11) is 0. The van der Waals surface area contributed by atoms with Gasteiger partial charge in [-0.05, 0) is 13.8 Å². The molecule has 1 rings (SSSR count). The first-order chi connectivity index (χ1) is 3.79. The van der Waals surface area contributed by atoms with E-state index in [-0.39, 0.29) is 0 Å². The van der Waals surface area contributed by atoms with Crippen LogP contribution in [0.1, 0.15) is 13.8 Å². The van der Waals surface area contributed by atoms with E-state index in [4.69, 9.17) is 0 Å². The summed E-state index contributed by atoms with van der Waals surface area (Å²) in [5.41, 5.74) is 0. The number of nitrogens with one attached hydrogen (secondary N) is 2. The van der Waals surface area contributed by atoms with Crippen molar-refractivity contribution >= 4 is 0 Å². The Morgan fingerprint density at radius 3 is 1.88 bits per heavy atom. The standard InChI is InChI=1S/C6H14N2/c1-5-3-7-4-6(2)8-5/h5-8H,3-4H2,1-2H3/t5-,6?/m0/s1. The van der Waals surface area contributed by atoms with Crippen molar-refractivity contribution in [1.82, 2.24) is 10.6 Å². The molecule has 48 valence electrons. The summed E-state index contributed by atoms with van der Waals surface area (Å²) >= 11 is 0. The van der Waals surface area contributed by atoms with Crippen molar-refractivity contribution in [2.24, 2.45) is 0 Å². The van der Waals surface area contributed by atoms with Gasteiger partial charge in [0.15, 0.2) is 0 Å². The monoisotopic (exact) mass is 114 g/mol. The summed E-state index contributed by atoms with van der Waals surface area (Å²) in [6, 6.07) is 1.30. The van der Waals surface area contributed by atoms with Crippen LogP contribution in [0.15, 0.2) is 0 Å².